The SMILES string of the molecule is CCOP(=O)(OCC)C(Cc1nc(-c2ccc(Br)cc2)no1)C(=O)OC(C)(C)C. The molecule has 0 aliphatic rings. The van der Waals surface area contributed by atoms with Gasteiger partial charge >= 0.3 is 13.6 Å². The van der Waals surface area contributed by atoms with Gasteiger partial charge in [0.2, 0.25) is 11.7 Å². The van der Waals surface area contributed by atoms with Crippen LogP contribution in [0.1, 0.15) is 40.5 Å². The third-order valence-corrected chi connectivity index (χ3v) is 6.54. The summed E-state index contributed by atoms with van der Waals surface area (Å²) in [5, 5.41) is 3.95. The van der Waals surface area contributed by atoms with Crippen molar-refractivity contribution in [1.29, 1.82) is 0 Å². The third-order valence-electron chi connectivity index (χ3n) is 3.62. The van der Waals surface area contributed by atoms with Crippen molar-refractivity contribution < 1.29 is 27.7 Å². The average molecular weight is 489 g/mol. The van der Waals surface area contributed by atoms with E-state index < -0.39 is 24.8 Å². The Morgan fingerprint density at radius 3 is 2.28 bits per heavy atom. The molecule has 1 heterocycles. The fraction of sp³-hybridized carbons (Fsp3) is 0.526. The number of hydrogen-bond acceptors (Lipinski definition) is 8. The molecule has 160 valence electrons. The summed E-state index contributed by atoms with van der Waals surface area (Å²) in [5.41, 5.74) is -1.25. The second-order valence-electron chi connectivity index (χ2n) is 7.15. The lowest BCUT2D eigenvalue weighted by atomic mass is 10.2. The van der Waals surface area contributed by atoms with Gasteiger partial charge in [-0.1, -0.05) is 21.1 Å². The zero-order valence-corrected chi connectivity index (χ0v) is 19.7. The van der Waals surface area contributed by atoms with E-state index in [4.69, 9.17) is 18.3 Å². The van der Waals surface area contributed by atoms with Crippen LogP contribution in [0.25, 0.3) is 11.4 Å². The molecule has 0 spiro atoms. The molecule has 1 unspecified atom stereocenters. The minimum Gasteiger partial charge on any atom is -0.459 e. The Labute approximate surface area is 179 Å². The Balaban J connectivity index is 2.33. The van der Waals surface area contributed by atoms with Crippen molar-refractivity contribution in [1.82, 2.24) is 10.1 Å². The first-order valence-corrected chi connectivity index (χ1v) is 11.7. The van der Waals surface area contributed by atoms with Crippen molar-refractivity contribution in [2.75, 3.05) is 13.2 Å². The Hall–Kier alpha value is -1.54. The summed E-state index contributed by atoms with van der Waals surface area (Å²) in [7, 11) is -3.81. The van der Waals surface area contributed by atoms with Crippen LogP contribution < -0.4 is 0 Å². The molecule has 1 aromatic carbocycles. The second kappa shape index (κ2) is 9.98. The van der Waals surface area contributed by atoms with Crippen LogP contribution in [0, 0.1) is 0 Å². The molecule has 10 heteroatoms. The fourth-order valence-corrected chi connectivity index (χ4v) is 4.60. The van der Waals surface area contributed by atoms with Gasteiger partial charge in [-0.2, -0.15) is 4.98 Å². The molecule has 2 rings (SSSR count). The van der Waals surface area contributed by atoms with Crippen LogP contribution in [0.5, 0.6) is 0 Å². The standard InChI is InChI=1S/C19H26BrN2O6P/c1-6-25-29(24,26-7-2)15(18(23)27-19(3,4)5)12-16-21-17(22-28-16)13-8-10-14(20)11-9-13/h8-11,15H,6-7,12H2,1-5H3. The second-order valence-corrected chi connectivity index (χ2v) is 10.3. The van der Waals surface area contributed by atoms with Crippen LogP contribution in [0.3, 0.4) is 0 Å². The minimum absolute atomic E-state index is 0.116. The van der Waals surface area contributed by atoms with Crippen molar-refractivity contribution in [2.45, 2.75) is 52.3 Å². The minimum atomic E-state index is -3.81. The Morgan fingerprint density at radius 1 is 1.17 bits per heavy atom. The van der Waals surface area contributed by atoms with E-state index in [1.165, 1.54) is 0 Å². The molecule has 0 N–H and O–H groups in total. The fourth-order valence-electron chi connectivity index (χ4n) is 2.49. The quantitative estimate of drug-likeness (QED) is 0.358. The molecule has 0 saturated heterocycles. The predicted octanol–water partition coefficient (Wildman–Crippen LogP) is 5.02. The van der Waals surface area contributed by atoms with Gasteiger partial charge in [0.25, 0.3) is 0 Å². The van der Waals surface area contributed by atoms with Crippen molar-refractivity contribution in [3.8, 4) is 11.4 Å². The molecule has 8 nitrogen and oxygen atoms in total. The normalized spacial score (nSPS) is 13.3. The number of benzene rings is 1. The highest BCUT2D eigenvalue weighted by Gasteiger charge is 2.44. The highest BCUT2D eigenvalue weighted by atomic mass is 79.9. The molecule has 1 aromatic heterocycles. The highest BCUT2D eigenvalue weighted by Crippen LogP contribution is 2.54. The lowest BCUT2D eigenvalue weighted by Gasteiger charge is -2.27. The molecule has 0 saturated carbocycles. The van der Waals surface area contributed by atoms with E-state index in [2.05, 4.69) is 26.1 Å². The summed E-state index contributed by atoms with van der Waals surface area (Å²) in [6.45, 7) is 8.77. The first-order chi connectivity index (χ1) is 13.6. The van der Waals surface area contributed by atoms with Crippen LogP contribution in [0.2, 0.25) is 0 Å². The number of esters is 1. The zero-order chi connectivity index (χ0) is 21.7. The van der Waals surface area contributed by atoms with Crippen LogP contribution in [-0.4, -0.2) is 40.6 Å². The lowest BCUT2D eigenvalue weighted by Crippen LogP contribution is -2.34. The maximum Gasteiger partial charge on any atom is 0.345 e. The van der Waals surface area contributed by atoms with Gasteiger partial charge in [0.15, 0.2) is 5.66 Å². The maximum atomic E-state index is 13.3. The highest BCUT2D eigenvalue weighted by molar-refractivity contribution is 9.10. The third kappa shape index (κ3) is 6.74. The molecule has 2 aromatic rings. The van der Waals surface area contributed by atoms with Gasteiger partial charge in [0.05, 0.1) is 19.6 Å². The molecule has 0 radical (unpaired) electrons. The summed E-state index contributed by atoms with van der Waals surface area (Å²) in [5.74, 6) is -0.206. The number of nitrogens with zero attached hydrogens (tertiary/aromatic N) is 2. The van der Waals surface area contributed by atoms with E-state index in [0.29, 0.717) is 5.82 Å². The van der Waals surface area contributed by atoms with Gasteiger partial charge in [-0.05, 0) is 58.9 Å². The zero-order valence-electron chi connectivity index (χ0n) is 17.2. The number of ether oxygens (including phenoxy) is 1. The maximum absolute atomic E-state index is 13.3. The van der Waals surface area contributed by atoms with Crippen molar-refractivity contribution >= 4 is 29.5 Å². The van der Waals surface area contributed by atoms with Gasteiger partial charge in [-0.3, -0.25) is 9.36 Å². The Kier molecular flexibility index (Phi) is 8.17. The van der Waals surface area contributed by atoms with Crippen molar-refractivity contribution in [3.05, 3.63) is 34.6 Å². The number of aromatic nitrogens is 2. The van der Waals surface area contributed by atoms with Gasteiger partial charge in [-0.25, -0.2) is 0 Å². The molecule has 0 aliphatic carbocycles. The van der Waals surface area contributed by atoms with Crippen LogP contribution >= 0.6 is 23.5 Å². The number of carbonyl (C=O) groups excluding carboxylic acids is 1. The van der Waals surface area contributed by atoms with Crippen LogP contribution in [0.15, 0.2) is 33.3 Å². The van der Waals surface area contributed by atoms with E-state index in [0.717, 1.165) is 10.0 Å². The molecule has 0 bridgehead atoms. The molecule has 29 heavy (non-hydrogen) atoms. The first kappa shape index (κ1) is 23.7. The van der Waals surface area contributed by atoms with Crippen molar-refractivity contribution in [3.63, 3.8) is 0 Å². The van der Waals surface area contributed by atoms with E-state index in [9.17, 15) is 9.36 Å². The summed E-state index contributed by atoms with van der Waals surface area (Å²) < 4.78 is 35.8. The summed E-state index contributed by atoms with van der Waals surface area (Å²) in [6, 6.07) is 7.37. The van der Waals surface area contributed by atoms with Gasteiger partial charge in [-0.15, -0.1) is 0 Å². The molecular formula is C19H26BrN2O6P. The van der Waals surface area contributed by atoms with Crippen LogP contribution in [-0.2, 0) is 29.6 Å². The number of hydrogen-bond donors (Lipinski definition) is 0. The van der Waals surface area contributed by atoms with E-state index in [1.54, 1.807) is 34.6 Å². The largest absolute Gasteiger partial charge is 0.459 e. The van der Waals surface area contributed by atoms with Gasteiger partial charge < -0.3 is 18.3 Å². The topological polar surface area (TPSA) is 101 Å². The predicted molar refractivity (Wildman–Crippen MR) is 112 cm³/mol. The lowest BCUT2D eigenvalue weighted by molar-refractivity contribution is -0.154. The van der Waals surface area contributed by atoms with Gasteiger partial charge in [0.1, 0.15) is 5.60 Å². The average Bonchev–Trinajstić information content (AvgIpc) is 3.08. The van der Waals surface area contributed by atoms with Crippen molar-refractivity contribution in [2.24, 2.45) is 0 Å². The smallest absolute Gasteiger partial charge is 0.345 e. The molecule has 0 amide bonds. The number of halogens is 1. The number of rotatable bonds is 9. The molecule has 0 aliphatic heterocycles. The number of carbonyl (C=O) groups is 1. The molecule has 0 fully saturated rings. The van der Waals surface area contributed by atoms with E-state index >= 15 is 0 Å². The van der Waals surface area contributed by atoms with Gasteiger partial charge in [0, 0.05) is 10.0 Å². The summed E-state index contributed by atoms with van der Waals surface area (Å²) >= 11 is 3.37. The summed E-state index contributed by atoms with van der Waals surface area (Å²) in [4.78, 5) is 17.2. The first-order valence-electron chi connectivity index (χ1n) is 9.28. The van der Waals surface area contributed by atoms with E-state index in [-0.39, 0.29) is 25.5 Å². The molecular weight excluding hydrogens is 463 g/mol. The monoisotopic (exact) mass is 488 g/mol. The Bertz CT molecular complexity index is 852. The van der Waals surface area contributed by atoms with E-state index in [1.807, 2.05) is 24.3 Å². The van der Waals surface area contributed by atoms with Crippen LogP contribution in [0.4, 0.5) is 0 Å². The summed E-state index contributed by atoms with van der Waals surface area (Å²) in [6.07, 6.45) is -0.129. The molecule has 1 atom stereocenters. The Morgan fingerprint density at radius 2 is 1.76 bits per heavy atom.